The number of sulfonamides is 1. The fourth-order valence-electron chi connectivity index (χ4n) is 2.04. The molecule has 2 heterocycles. The van der Waals surface area contributed by atoms with Gasteiger partial charge in [0.05, 0.1) is 13.2 Å². The van der Waals surface area contributed by atoms with E-state index in [0.717, 1.165) is 11.4 Å². The molecule has 0 radical (unpaired) electrons. The molecule has 2 aliphatic rings. The average Bonchev–Trinajstić information content (AvgIpc) is 3.13. The molecule has 1 aliphatic carbocycles. The largest absolute Gasteiger partial charge is 0.379 e. The van der Waals surface area contributed by atoms with Crippen LogP contribution in [0, 0.1) is 0 Å². The van der Waals surface area contributed by atoms with E-state index in [4.69, 9.17) is 4.74 Å². The Morgan fingerprint density at radius 2 is 2.05 bits per heavy atom. The van der Waals surface area contributed by atoms with Gasteiger partial charge in [0.1, 0.15) is 4.21 Å². The number of nitrogens with zero attached hydrogens (tertiary/aromatic N) is 1. The maximum absolute atomic E-state index is 12.4. The smallest absolute Gasteiger partial charge is 0.252 e. The third kappa shape index (κ3) is 3.17. The molecule has 1 aromatic rings. The van der Waals surface area contributed by atoms with Crippen molar-refractivity contribution >= 4 is 21.4 Å². The van der Waals surface area contributed by atoms with Gasteiger partial charge in [-0.2, -0.15) is 4.31 Å². The van der Waals surface area contributed by atoms with Crippen LogP contribution in [0.15, 0.2) is 16.3 Å². The van der Waals surface area contributed by atoms with Crippen LogP contribution in [0.5, 0.6) is 0 Å². The number of thiophene rings is 1. The normalized spacial score (nSPS) is 21.7. The van der Waals surface area contributed by atoms with E-state index in [1.165, 1.54) is 28.5 Å². The van der Waals surface area contributed by atoms with Crippen LogP contribution in [0.2, 0.25) is 0 Å². The van der Waals surface area contributed by atoms with E-state index in [0.29, 0.717) is 36.6 Å². The average molecular weight is 302 g/mol. The SMILES string of the molecule is O=S(=O)(c1ccc(CNC2CC2)s1)N1CCOCC1. The van der Waals surface area contributed by atoms with Gasteiger partial charge in [0, 0.05) is 30.6 Å². The van der Waals surface area contributed by atoms with Crippen molar-refractivity contribution in [2.75, 3.05) is 26.3 Å². The maximum atomic E-state index is 12.4. The molecule has 2 fully saturated rings. The first-order valence-electron chi connectivity index (χ1n) is 6.56. The lowest BCUT2D eigenvalue weighted by atomic mass is 10.4. The molecule has 19 heavy (non-hydrogen) atoms. The lowest BCUT2D eigenvalue weighted by molar-refractivity contribution is 0.0731. The van der Waals surface area contributed by atoms with Crippen LogP contribution >= 0.6 is 11.3 Å². The lowest BCUT2D eigenvalue weighted by Gasteiger charge is -2.25. The molecule has 7 heteroatoms. The monoisotopic (exact) mass is 302 g/mol. The van der Waals surface area contributed by atoms with Gasteiger partial charge < -0.3 is 10.1 Å². The first-order chi connectivity index (χ1) is 9.16. The Kier molecular flexibility index (Phi) is 3.91. The second-order valence-electron chi connectivity index (χ2n) is 4.89. The number of nitrogens with one attached hydrogen (secondary N) is 1. The van der Waals surface area contributed by atoms with Gasteiger partial charge in [-0.3, -0.25) is 0 Å². The van der Waals surface area contributed by atoms with Crippen molar-refractivity contribution < 1.29 is 13.2 Å². The predicted octanol–water partition coefficient (Wildman–Crippen LogP) is 1.02. The Morgan fingerprint density at radius 3 is 2.74 bits per heavy atom. The van der Waals surface area contributed by atoms with Crippen LogP contribution in [0.1, 0.15) is 17.7 Å². The summed E-state index contributed by atoms with van der Waals surface area (Å²) in [6.07, 6.45) is 2.48. The molecule has 1 N–H and O–H groups in total. The van der Waals surface area contributed by atoms with Crippen molar-refractivity contribution in [3.05, 3.63) is 17.0 Å². The quantitative estimate of drug-likeness (QED) is 0.882. The molecule has 0 spiro atoms. The molecule has 0 amide bonds. The van der Waals surface area contributed by atoms with Crippen LogP contribution in [0.3, 0.4) is 0 Å². The zero-order chi connectivity index (χ0) is 13.3. The maximum Gasteiger partial charge on any atom is 0.252 e. The molecule has 106 valence electrons. The highest BCUT2D eigenvalue weighted by molar-refractivity contribution is 7.91. The zero-order valence-electron chi connectivity index (χ0n) is 10.7. The molecular weight excluding hydrogens is 284 g/mol. The van der Waals surface area contributed by atoms with E-state index >= 15 is 0 Å². The van der Waals surface area contributed by atoms with E-state index in [-0.39, 0.29) is 0 Å². The van der Waals surface area contributed by atoms with Crippen molar-refractivity contribution in [2.45, 2.75) is 29.6 Å². The number of ether oxygens (including phenoxy) is 1. The van der Waals surface area contributed by atoms with E-state index in [1.807, 2.05) is 6.07 Å². The van der Waals surface area contributed by atoms with Crippen LogP contribution in [0.25, 0.3) is 0 Å². The molecule has 0 unspecified atom stereocenters. The van der Waals surface area contributed by atoms with Crippen LogP contribution < -0.4 is 5.32 Å². The van der Waals surface area contributed by atoms with Crippen LogP contribution in [-0.4, -0.2) is 45.1 Å². The van der Waals surface area contributed by atoms with Gasteiger partial charge in [0.25, 0.3) is 10.0 Å². The predicted molar refractivity (Wildman–Crippen MR) is 73.8 cm³/mol. The summed E-state index contributed by atoms with van der Waals surface area (Å²) in [7, 11) is -3.32. The van der Waals surface area contributed by atoms with E-state index < -0.39 is 10.0 Å². The van der Waals surface area contributed by atoms with Gasteiger partial charge in [-0.15, -0.1) is 11.3 Å². The van der Waals surface area contributed by atoms with E-state index in [2.05, 4.69) is 5.32 Å². The van der Waals surface area contributed by atoms with Gasteiger partial charge in [0.2, 0.25) is 0 Å². The molecule has 0 atom stereocenters. The second kappa shape index (κ2) is 5.49. The fourth-order valence-corrected chi connectivity index (χ4v) is 4.91. The molecule has 3 rings (SSSR count). The topological polar surface area (TPSA) is 58.6 Å². The zero-order valence-corrected chi connectivity index (χ0v) is 12.3. The van der Waals surface area contributed by atoms with Crippen molar-refractivity contribution in [2.24, 2.45) is 0 Å². The first kappa shape index (κ1) is 13.5. The highest BCUT2D eigenvalue weighted by Crippen LogP contribution is 2.26. The van der Waals surface area contributed by atoms with Crippen molar-refractivity contribution in [3.8, 4) is 0 Å². The first-order valence-corrected chi connectivity index (χ1v) is 8.82. The van der Waals surface area contributed by atoms with Crippen molar-refractivity contribution in [1.29, 1.82) is 0 Å². The van der Waals surface area contributed by atoms with Crippen LogP contribution in [-0.2, 0) is 21.3 Å². The molecule has 1 aromatic heterocycles. The summed E-state index contributed by atoms with van der Waals surface area (Å²) in [6, 6.07) is 4.27. The number of hydrogen-bond acceptors (Lipinski definition) is 5. The van der Waals surface area contributed by atoms with Crippen molar-refractivity contribution in [3.63, 3.8) is 0 Å². The number of morpholine rings is 1. The van der Waals surface area contributed by atoms with Gasteiger partial charge in [-0.05, 0) is 25.0 Å². The summed E-state index contributed by atoms with van der Waals surface area (Å²) in [5, 5.41) is 3.40. The van der Waals surface area contributed by atoms with Gasteiger partial charge >= 0.3 is 0 Å². The fraction of sp³-hybridized carbons (Fsp3) is 0.667. The third-order valence-electron chi connectivity index (χ3n) is 3.34. The molecule has 0 bridgehead atoms. The Morgan fingerprint density at radius 1 is 1.32 bits per heavy atom. The van der Waals surface area contributed by atoms with E-state index in [9.17, 15) is 8.42 Å². The number of rotatable bonds is 5. The Bertz CT molecular complexity index is 531. The highest BCUT2D eigenvalue weighted by atomic mass is 32.2. The van der Waals surface area contributed by atoms with Gasteiger partial charge in [-0.1, -0.05) is 0 Å². The summed E-state index contributed by atoms with van der Waals surface area (Å²) >= 11 is 1.37. The summed E-state index contributed by atoms with van der Waals surface area (Å²) in [4.78, 5) is 1.08. The minimum absolute atomic E-state index is 0.446. The van der Waals surface area contributed by atoms with E-state index in [1.54, 1.807) is 6.07 Å². The standard InChI is InChI=1S/C12H18N2O3S2/c15-19(16,14-5-7-17-8-6-14)12-4-3-11(18-12)9-13-10-1-2-10/h3-4,10,13H,1-2,5-9H2. The third-order valence-corrected chi connectivity index (χ3v) is 6.79. The second-order valence-corrected chi connectivity index (χ2v) is 8.23. The van der Waals surface area contributed by atoms with Gasteiger partial charge in [0.15, 0.2) is 0 Å². The van der Waals surface area contributed by atoms with Crippen LogP contribution in [0.4, 0.5) is 0 Å². The Hall–Kier alpha value is -0.470. The van der Waals surface area contributed by atoms with Crippen molar-refractivity contribution in [1.82, 2.24) is 9.62 Å². The molecule has 1 aliphatic heterocycles. The minimum Gasteiger partial charge on any atom is -0.379 e. The highest BCUT2D eigenvalue weighted by Gasteiger charge is 2.28. The molecule has 1 saturated heterocycles. The summed E-state index contributed by atoms with van der Waals surface area (Å²) in [5.41, 5.74) is 0. The summed E-state index contributed by atoms with van der Waals surface area (Å²) in [5.74, 6) is 0. The summed E-state index contributed by atoms with van der Waals surface area (Å²) < 4.78 is 32.0. The molecule has 1 saturated carbocycles. The Labute approximate surface area is 117 Å². The molecular formula is C12H18N2O3S2. The minimum atomic E-state index is -3.32. The molecule has 0 aromatic carbocycles. The molecule has 5 nitrogen and oxygen atoms in total. The van der Waals surface area contributed by atoms with Gasteiger partial charge in [-0.25, -0.2) is 8.42 Å². The lowest BCUT2D eigenvalue weighted by Crippen LogP contribution is -2.40. The Balaban J connectivity index is 1.69. The summed E-state index contributed by atoms with van der Waals surface area (Å²) in [6.45, 7) is 2.65. The number of hydrogen-bond donors (Lipinski definition) is 1.